The van der Waals surface area contributed by atoms with Crippen LogP contribution in [0.5, 0.6) is 0 Å². The van der Waals surface area contributed by atoms with Crippen LogP contribution in [0.1, 0.15) is 18.9 Å². The summed E-state index contributed by atoms with van der Waals surface area (Å²) < 4.78 is 6.12. The van der Waals surface area contributed by atoms with Crippen molar-refractivity contribution in [2.75, 3.05) is 4.90 Å². The molecule has 5 nitrogen and oxygen atoms in total. The maximum atomic E-state index is 13.3. The van der Waals surface area contributed by atoms with Gasteiger partial charge in [-0.15, -0.1) is 6.58 Å². The number of carbonyl (C=O) groups excluding carboxylic acids is 1. The van der Waals surface area contributed by atoms with E-state index in [0.29, 0.717) is 6.42 Å². The minimum absolute atomic E-state index is 0.172. The summed E-state index contributed by atoms with van der Waals surface area (Å²) in [5, 5.41) is 9.66. The molecule has 0 aromatic heterocycles. The van der Waals surface area contributed by atoms with E-state index in [9.17, 15) is 14.7 Å². The highest BCUT2D eigenvalue weighted by molar-refractivity contribution is 6.03. The fourth-order valence-electron chi connectivity index (χ4n) is 4.53. The maximum absolute atomic E-state index is 13.3. The van der Waals surface area contributed by atoms with E-state index in [1.807, 2.05) is 44.2 Å². The summed E-state index contributed by atoms with van der Waals surface area (Å²) in [4.78, 5) is 26.8. The summed E-state index contributed by atoms with van der Waals surface area (Å²) in [5.41, 5.74) is 1.93. The number of ether oxygens (including phenoxy) is 1. The molecule has 1 aromatic rings. The number of amides is 1. The van der Waals surface area contributed by atoms with Crippen molar-refractivity contribution in [3.63, 3.8) is 0 Å². The molecule has 1 spiro atoms. The predicted molar refractivity (Wildman–Crippen MR) is 93.2 cm³/mol. The van der Waals surface area contributed by atoms with Crippen LogP contribution in [-0.4, -0.2) is 34.7 Å². The molecule has 2 saturated heterocycles. The third-order valence-electron chi connectivity index (χ3n) is 5.56. The molecule has 0 unspecified atom stereocenters. The number of aliphatic carboxylic acids is 1. The van der Waals surface area contributed by atoms with E-state index in [0.717, 1.165) is 16.8 Å². The van der Waals surface area contributed by atoms with E-state index in [2.05, 4.69) is 6.58 Å². The molecule has 3 heterocycles. The van der Waals surface area contributed by atoms with Gasteiger partial charge in [-0.25, -0.2) is 0 Å². The number of hydrogen-bond acceptors (Lipinski definition) is 3. The first-order valence-electron chi connectivity index (χ1n) is 8.49. The Labute approximate surface area is 146 Å². The van der Waals surface area contributed by atoms with Crippen molar-refractivity contribution in [2.24, 2.45) is 11.8 Å². The lowest BCUT2D eigenvalue weighted by Gasteiger charge is -2.33. The number of anilines is 1. The lowest BCUT2D eigenvalue weighted by Crippen LogP contribution is -2.45. The molecule has 1 N–H and O–H groups in total. The van der Waals surface area contributed by atoms with Crippen molar-refractivity contribution < 1.29 is 19.4 Å². The van der Waals surface area contributed by atoms with E-state index in [4.69, 9.17) is 4.74 Å². The summed E-state index contributed by atoms with van der Waals surface area (Å²) in [6, 6.07) is 7.44. The van der Waals surface area contributed by atoms with Gasteiger partial charge in [-0.05, 0) is 32.4 Å². The van der Waals surface area contributed by atoms with Crippen molar-refractivity contribution >= 4 is 17.6 Å². The number of carboxylic acid groups (broad SMARTS) is 1. The molecule has 0 radical (unpaired) electrons. The Morgan fingerprint density at radius 3 is 2.64 bits per heavy atom. The summed E-state index contributed by atoms with van der Waals surface area (Å²) in [5.74, 6) is -2.67. The average molecular weight is 339 g/mol. The van der Waals surface area contributed by atoms with Crippen LogP contribution in [0.2, 0.25) is 0 Å². The van der Waals surface area contributed by atoms with Crippen LogP contribution in [0.4, 0.5) is 5.69 Å². The largest absolute Gasteiger partial charge is 0.481 e. The summed E-state index contributed by atoms with van der Waals surface area (Å²) in [7, 11) is 0. The van der Waals surface area contributed by atoms with Crippen LogP contribution in [0.25, 0.3) is 0 Å². The normalized spacial score (nSPS) is 35.3. The first-order chi connectivity index (χ1) is 11.8. The molecule has 1 amide bonds. The van der Waals surface area contributed by atoms with Gasteiger partial charge in [-0.1, -0.05) is 35.4 Å². The van der Waals surface area contributed by atoms with Gasteiger partial charge in [-0.3, -0.25) is 9.59 Å². The molecule has 130 valence electrons. The molecule has 0 aliphatic carbocycles. The van der Waals surface area contributed by atoms with Crippen molar-refractivity contribution in [2.45, 2.75) is 38.0 Å². The van der Waals surface area contributed by atoms with Gasteiger partial charge < -0.3 is 14.7 Å². The maximum Gasteiger partial charge on any atom is 0.310 e. The van der Waals surface area contributed by atoms with Gasteiger partial charge >= 0.3 is 5.97 Å². The van der Waals surface area contributed by atoms with Crippen molar-refractivity contribution in [1.82, 2.24) is 0 Å². The number of carboxylic acids is 1. The van der Waals surface area contributed by atoms with Crippen LogP contribution in [-0.2, 0) is 14.3 Å². The zero-order valence-electron chi connectivity index (χ0n) is 14.3. The van der Waals surface area contributed by atoms with E-state index >= 15 is 0 Å². The second kappa shape index (κ2) is 5.30. The number of aryl methyl sites for hydroxylation is 1. The molecule has 3 aliphatic heterocycles. The Balaban J connectivity index is 1.84. The Kier molecular flexibility index (Phi) is 3.41. The number of rotatable bonds is 4. The SMILES string of the molecule is C=C(C)C[C@H]1N(c2ccc(C)cc2)C(=O)[C@@H]2[C@@H](C(=O)O)[C@@H]3C=C[C@]21O3. The lowest BCUT2D eigenvalue weighted by atomic mass is 9.74. The van der Waals surface area contributed by atoms with Crippen LogP contribution in [0.15, 0.2) is 48.6 Å². The van der Waals surface area contributed by atoms with Gasteiger partial charge in [0, 0.05) is 5.69 Å². The Bertz CT molecular complexity index is 796. The van der Waals surface area contributed by atoms with E-state index in [1.165, 1.54) is 0 Å². The standard InChI is InChI=1S/C20H21NO4/c1-11(2)10-15-20-9-8-14(25-20)16(19(23)24)17(20)18(22)21(15)13-6-4-12(3)5-7-13/h4-9,14-17H,1,10H2,2-3H3,(H,23,24)/t14-,15+,16-,17-,20+/m0/s1. The molecule has 5 heteroatoms. The van der Waals surface area contributed by atoms with E-state index in [1.54, 1.807) is 11.0 Å². The zero-order chi connectivity index (χ0) is 17.9. The molecular formula is C20H21NO4. The minimum Gasteiger partial charge on any atom is -0.481 e. The number of benzene rings is 1. The first-order valence-corrected chi connectivity index (χ1v) is 8.49. The van der Waals surface area contributed by atoms with Crippen molar-refractivity contribution in [3.05, 3.63) is 54.1 Å². The number of fused-ring (bicyclic) bond motifs is 1. The smallest absolute Gasteiger partial charge is 0.310 e. The fraction of sp³-hybridized carbons (Fsp3) is 0.400. The van der Waals surface area contributed by atoms with Crippen LogP contribution in [0, 0.1) is 18.8 Å². The second-order valence-electron chi connectivity index (χ2n) is 7.36. The Morgan fingerprint density at radius 2 is 2.04 bits per heavy atom. The molecule has 0 saturated carbocycles. The van der Waals surface area contributed by atoms with Crippen molar-refractivity contribution in [3.8, 4) is 0 Å². The molecular weight excluding hydrogens is 318 g/mol. The first kappa shape index (κ1) is 16.1. The van der Waals surface area contributed by atoms with Crippen molar-refractivity contribution in [1.29, 1.82) is 0 Å². The number of nitrogens with zero attached hydrogens (tertiary/aromatic N) is 1. The highest BCUT2D eigenvalue weighted by Crippen LogP contribution is 2.56. The molecule has 4 rings (SSSR count). The molecule has 25 heavy (non-hydrogen) atoms. The minimum atomic E-state index is -0.977. The van der Waals surface area contributed by atoms with E-state index in [-0.39, 0.29) is 11.9 Å². The Hall–Kier alpha value is -2.40. The topological polar surface area (TPSA) is 66.8 Å². The number of hydrogen-bond donors (Lipinski definition) is 1. The molecule has 3 aliphatic rings. The zero-order valence-corrected chi connectivity index (χ0v) is 14.3. The van der Waals surface area contributed by atoms with Gasteiger partial charge in [0.05, 0.1) is 18.1 Å². The monoisotopic (exact) mass is 339 g/mol. The summed E-state index contributed by atoms with van der Waals surface area (Å²) in [6.07, 6.45) is 3.74. The fourth-order valence-corrected chi connectivity index (χ4v) is 4.53. The average Bonchev–Trinajstić information content (AvgIpc) is 3.18. The van der Waals surface area contributed by atoms with E-state index < -0.39 is 29.5 Å². The quantitative estimate of drug-likeness (QED) is 0.857. The van der Waals surface area contributed by atoms with Gasteiger partial charge in [0.25, 0.3) is 0 Å². The second-order valence-corrected chi connectivity index (χ2v) is 7.36. The third-order valence-corrected chi connectivity index (χ3v) is 5.56. The molecule has 5 atom stereocenters. The molecule has 2 fully saturated rings. The highest BCUT2D eigenvalue weighted by atomic mass is 16.5. The van der Waals surface area contributed by atoms with Gasteiger partial charge in [0.15, 0.2) is 0 Å². The van der Waals surface area contributed by atoms with Crippen LogP contribution < -0.4 is 4.90 Å². The van der Waals surface area contributed by atoms with Gasteiger partial charge in [-0.2, -0.15) is 0 Å². The number of carbonyl (C=O) groups is 2. The highest BCUT2D eigenvalue weighted by Gasteiger charge is 2.71. The molecule has 1 aromatic carbocycles. The molecule has 2 bridgehead atoms. The Morgan fingerprint density at radius 1 is 1.36 bits per heavy atom. The summed E-state index contributed by atoms with van der Waals surface area (Å²) in [6.45, 7) is 7.91. The predicted octanol–water partition coefficient (Wildman–Crippen LogP) is 2.70. The third kappa shape index (κ3) is 2.12. The van der Waals surface area contributed by atoms with Gasteiger partial charge in [0.1, 0.15) is 11.5 Å². The van der Waals surface area contributed by atoms with Crippen LogP contribution >= 0.6 is 0 Å². The van der Waals surface area contributed by atoms with Gasteiger partial charge in [0.2, 0.25) is 5.91 Å². The lowest BCUT2D eigenvalue weighted by molar-refractivity contribution is -0.146. The summed E-state index contributed by atoms with van der Waals surface area (Å²) >= 11 is 0. The van der Waals surface area contributed by atoms with Crippen LogP contribution in [0.3, 0.4) is 0 Å².